The molecule has 0 aromatic carbocycles. The summed E-state index contributed by atoms with van der Waals surface area (Å²) in [6.07, 6.45) is 1.49. The van der Waals surface area contributed by atoms with Crippen LogP contribution in [0.4, 0.5) is 5.82 Å². The summed E-state index contributed by atoms with van der Waals surface area (Å²) in [4.78, 5) is 3.82. The second-order valence-corrected chi connectivity index (χ2v) is 2.41. The summed E-state index contributed by atoms with van der Waals surface area (Å²) in [5.74, 6) is 0.913. The SMILES string of the molecule is CCOc1cc(Cl)cnc1N. The number of rotatable bonds is 2. The molecule has 0 radical (unpaired) electrons. The summed E-state index contributed by atoms with van der Waals surface area (Å²) in [5.41, 5.74) is 5.48. The number of nitrogens with two attached hydrogens (primary N) is 1. The summed E-state index contributed by atoms with van der Waals surface area (Å²) in [7, 11) is 0. The smallest absolute Gasteiger partial charge is 0.166 e. The van der Waals surface area contributed by atoms with Gasteiger partial charge in [0.1, 0.15) is 0 Å². The van der Waals surface area contributed by atoms with E-state index < -0.39 is 0 Å². The Morgan fingerprint density at radius 3 is 3.09 bits per heavy atom. The lowest BCUT2D eigenvalue weighted by Crippen LogP contribution is -1.98. The molecule has 0 amide bonds. The van der Waals surface area contributed by atoms with Gasteiger partial charge in [0.15, 0.2) is 11.6 Å². The Labute approximate surface area is 70.1 Å². The normalized spacial score (nSPS) is 9.64. The van der Waals surface area contributed by atoms with Crippen LogP contribution in [0, 0.1) is 0 Å². The molecule has 11 heavy (non-hydrogen) atoms. The topological polar surface area (TPSA) is 48.1 Å². The van der Waals surface area contributed by atoms with Crippen LogP contribution in [0.15, 0.2) is 12.3 Å². The van der Waals surface area contributed by atoms with Gasteiger partial charge in [0.05, 0.1) is 11.6 Å². The van der Waals surface area contributed by atoms with Gasteiger partial charge in [-0.15, -0.1) is 0 Å². The minimum absolute atomic E-state index is 0.372. The zero-order chi connectivity index (χ0) is 8.27. The molecular formula is C7H9ClN2O. The minimum atomic E-state index is 0.372. The van der Waals surface area contributed by atoms with Gasteiger partial charge in [0.2, 0.25) is 0 Å². The zero-order valence-corrected chi connectivity index (χ0v) is 6.93. The maximum Gasteiger partial charge on any atom is 0.166 e. The maximum absolute atomic E-state index is 5.65. The van der Waals surface area contributed by atoms with Crippen molar-refractivity contribution >= 4 is 17.4 Å². The van der Waals surface area contributed by atoms with Gasteiger partial charge in [-0.3, -0.25) is 0 Å². The van der Waals surface area contributed by atoms with E-state index in [-0.39, 0.29) is 0 Å². The standard InChI is InChI=1S/C7H9ClN2O/c1-2-11-6-3-5(8)4-10-7(6)9/h3-4H,2H2,1H3,(H2,9,10). The Kier molecular flexibility index (Phi) is 2.54. The van der Waals surface area contributed by atoms with Crippen molar-refractivity contribution in [3.63, 3.8) is 0 Å². The van der Waals surface area contributed by atoms with Gasteiger partial charge in [-0.25, -0.2) is 4.98 Å². The number of nitrogens with zero attached hydrogens (tertiary/aromatic N) is 1. The number of nitrogen functional groups attached to an aromatic ring is 1. The summed E-state index contributed by atoms with van der Waals surface area (Å²) in [5, 5.41) is 0.530. The van der Waals surface area contributed by atoms with Crippen LogP contribution in [0.5, 0.6) is 5.75 Å². The highest BCUT2D eigenvalue weighted by atomic mass is 35.5. The molecular weight excluding hydrogens is 164 g/mol. The number of pyridine rings is 1. The molecule has 2 N–H and O–H groups in total. The molecule has 4 heteroatoms. The van der Waals surface area contributed by atoms with Crippen LogP contribution in [-0.2, 0) is 0 Å². The molecule has 60 valence electrons. The van der Waals surface area contributed by atoms with E-state index in [1.54, 1.807) is 6.07 Å². The third-order valence-corrected chi connectivity index (χ3v) is 1.35. The van der Waals surface area contributed by atoms with Gasteiger partial charge in [-0.05, 0) is 6.92 Å². The molecule has 0 spiro atoms. The Morgan fingerprint density at radius 1 is 1.73 bits per heavy atom. The van der Waals surface area contributed by atoms with Gasteiger partial charge in [0.25, 0.3) is 0 Å². The summed E-state index contributed by atoms with van der Waals surface area (Å²) < 4.78 is 5.15. The average molecular weight is 173 g/mol. The number of ether oxygens (including phenoxy) is 1. The number of halogens is 1. The van der Waals surface area contributed by atoms with E-state index in [0.29, 0.717) is 23.2 Å². The van der Waals surface area contributed by atoms with Gasteiger partial charge in [-0.1, -0.05) is 11.6 Å². The van der Waals surface area contributed by atoms with Gasteiger partial charge < -0.3 is 10.5 Å². The van der Waals surface area contributed by atoms with E-state index in [0.717, 1.165) is 0 Å². The number of hydrogen-bond donors (Lipinski definition) is 1. The van der Waals surface area contributed by atoms with Crippen molar-refractivity contribution in [2.45, 2.75) is 6.92 Å². The van der Waals surface area contributed by atoms with Crippen molar-refractivity contribution in [2.75, 3.05) is 12.3 Å². The number of aromatic nitrogens is 1. The van der Waals surface area contributed by atoms with E-state index in [4.69, 9.17) is 22.1 Å². The van der Waals surface area contributed by atoms with Gasteiger partial charge in [0, 0.05) is 12.3 Å². The molecule has 1 heterocycles. The van der Waals surface area contributed by atoms with E-state index >= 15 is 0 Å². The third kappa shape index (κ3) is 1.98. The van der Waals surface area contributed by atoms with Gasteiger partial charge in [-0.2, -0.15) is 0 Å². The molecule has 0 aliphatic carbocycles. The van der Waals surface area contributed by atoms with Crippen molar-refractivity contribution in [2.24, 2.45) is 0 Å². The minimum Gasteiger partial charge on any atom is -0.490 e. The molecule has 0 saturated heterocycles. The summed E-state index contributed by atoms with van der Waals surface area (Å²) in [6.45, 7) is 2.44. The van der Waals surface area contributed by atoms with Crippen molar-refractivity contribution in [1.82, 2.24) is 4.98 Å². The predicted octanol–water partition coefficient (Wildman–Crippen LogP) is 1.72. The molecule has 0 aliphatic rings. The molecule has 1 aromatic rings. The second kappa shape index (κ2) is 3.44. The van der Waals surface area contributed by atoms with Crippen LogP contribution in [0.2, 0.25) is 5.02 Å². The van der Waals surface area contributed by atoms with E-state index in [2.05, 4.69) is 4.98 Å². The lowest BCUT2D eigenvalue weighted by molar-refractivity contribution is 0.341. The molecule has 0 atom stereocenters. The van der Waals surface area contributed by atoms with E-state index in [1.807, 2.05) is 6.92 Å². The fourth-order valence-electron chi connectivity index (χ4n) is 0.702. The fraction of sp³-hybridized carbons (Fsp3) is 0.286. The maximum atomic E-state index is 5.65. The molecule has 0 bridgehead atoms. The Hall–Kier alpha value is -0.960. The Balaban J connectivity index is 2.93. The van der Waals surface area contributed by atoms with Crippen LogP contribution in [0.3, 0.4) is 0 Å². The molecule has 0 saturated carbocycles. The first-order chi connectivity index (χ1) is 5.24. The molecule has 0 aliphatic heterocycles. The highest BCUT2D eigenvalue weighted by Crippen LogP contribution is 2.22. The van der Waals surface area contributed by atoms with Crippen LogP contribution in [0.1, 0.15) is 6.92 Å². The predicted molar refractivity (Wildman–Crippen MR) is 44.8 cm³/mol. The summed E-state index contributed by atoms with van der Waals surface area (Å²) in [6, 6.07) is 1.65. The van der Waals surface area contributed by atoms with Crippen LogP contribution >= 0.6 is 11.6 Å². The van der Waals surface area contributed by atoms with Crippen molar-refractivity contribution in [3.05, 3.63) is 17.3 Å². The zero-order valence-electron chi connectivity index (χ0n) is 6.17. The van der Waals surface area contributed by atoms with E-state index in [1.165, 1.54) is 6.20 Å². The lowest BCUT2D eigenvalue weighted by atomic mass is 10.4. The second-order valence-electron chi connectivity index (χ2n) is 1.97. The molecule has 3 nitrogen and oxygen atoms in total. The quantitative estimate of drug-likeness (QED) is 0.739. The van der Waals surface area contributed by atoms with Crippen LogP contribution in [0.25, 0.3) is 0 Å². The van der Waals surface area contributed by atoms with Crippen molar-refractivity contribution in [1.29, 1.82) is 0 Å². The highest BCUT2D eigenvalue weighted by Gasteiger charge is 2.00. The Bertz CT molecular complexity index is 252. The summed E-state index contributed by atoms with van der Waals surface area (Å²) >= 11 is 5.65. The van der Waals surface area contributed by atoms with E-state index in [9.17, 15) is 0 Å². The first kappa shape index (κ1) is 8.14. The third-order valence-electron chi connectivity index (χ3n) is 1.15. The van der Waals surface area contributed by atoms with Crippen molar-refractivity contribution < 1.29 is 4.74 Å². The average Bonchev–Trinajstić information content (AvgIpc) is 1.98. The van der Waals surface area contributed by atoms with Crippen molar-refractivity contribution in [3.8, 4) is 5.75 Å². The Morgan fingerprint density at radius 2 is 2.45 bits per heavy atom. The van der Waals surface area contributed by atoms with Crippen LogP contribution < -0.4 is 10.5 Å². The van der Waals surface area contributed by atoms with Gasteiger partial charge >= 0.3 is 0 Å². The largest absolute Gasteiger partial charge is 0.490 e. The lowest BCUT2D eigenvalue weighted by Gasteiger charge is -2.04. The molecule has 1 aromatic heterocycles. The first-order valence-corrected chi connectivity index (χ1v) is 3.65. The number of hydrogen-bond acceptors (Lipinski definition) is 3. The van der Waals surface area contributed by atoms with Crippen LogP contribution in [-0.4, -0.2) is 11.6 Å². The fourth-order valence-corrected chi connectivity index (χ4v) is 0.850. The highest BCUT2D eigenvalue weighted by molar-refractivity contribution is 6.30. The molecule has 0 unspecified atom stereocenters. The molecule has 0 fully saturated rings. The number of anilines is 1. The molecule has 1 rings (SSSR count). The first-order valence-electron chi connectivity index (χ1n) is 3.28. The monoisotopic (exact) mass is 172 g/mol.